The highest BCUT2D eigenvalue weighted by molar-refractivity contribution is 5.80. The van der Waals surface area contributed by atoms with Crippen molar-refractivity contribution < 1.29 is 9.53 Å². The number of rotatable bonds is 8. The summed E-state index contributed by atoms with van der Waals surface area (Å²) in [5.41, 5.74) is -0.516. The van der Waals surface area contributed by atoms with Crippen LogP contribution < -0.4 is 5.32 Å². The Morgan fingerprint density at radius 3 is 2.70 bits per heavy atom. The van der Waals surface area contributed by atoms with Gasteiger partial charge in [-0.3, -0.25) is 10.1 Å². The highest BCUT2D eigenvalue weighted by atomic mass is 16.5. The maximum absolute atomic E-state index is 12.3. The first-order valence-electron chi connectivity index (χ1n) is 8.28. The monoisotopic (exact) mass is 282 g/mol. The number of nitrogens with one attached hydrogen (secondary N) is 1. The molecule has 1 N–H and O–H groups in total. The Kier molecular flexibility index (Phi) is 5.44. The fraction of sp³-hybridized carbons (Fsp3) is 0.938. The molecule has 2 rings (SSSR count). The Morgan fingerprint density at radius 1 is 1.35 bits per heavy atom. The van der Waals surface area contributed by atoms with Crippen LogP contribution in [-0.2, 0) is 9.53 Å². The molecular weight excluding hydrogens is 252 g/mol. The number of hydrogen-bond donors (Lipinski definition) is 1. The standard InChI is InChI=1S/C16H30N2O2/c1-4-14-7-6-11-18(14)12-10-16(3,15(19)20-5-2)17-13-8-9-13/h13-14,17H,4-12H2,1-3H3. The molecule has 1 saturated carbocycles. The van der Waals surface area contributed by atoms with Crippen LogP contribution in [0.15, 0.2) is 0 Å². The second-order valence-electron chi connectivity index (χ2n) is 6.46. The quantitative estimate of drug-likeness (QED) is 0.694. The summed E-state index contributed by atoms with van der Waals surface area (Å²) in [6, 6.07) is 1.23. The fourth-order valence-electron chi connectivity index (χ4n) is 3.22. The number of ether oxygens (including phenoxy) is 1. The van der Waals surface area contributed by atoms with Crippen molar-refractivity contribution in [1.82, 2.24) is 10.2 Å². The molecule has 2 aliphatic rings. The van der Waals surface area contributed by atoms with E-state index in [0.717, 1.165) is 13.0 Å². The van der Waals surface area contributed by atoms with Gasteiger partial charge < -0.3 is 9.64 Å². The minimum atomic E-state index is -0.516. The Labute approximate surface area is 123 Å². The van der Waals surface area contributed by atoms with E-state index in [4.69, 9.17) is 4.74 Å². The number of carbonyl (C=O) groups is 1. The van der Waals surface area contributed by atoms with E-state index >= 15 is 0 Å². The van der Waals surface area contributed by atoms with Crippen LogP contribution in [0.25, 0.3) is 0 Å². The van der Waals surface area contributed by atoms with Crippen molar-refractivity contribution in [3.63, 3.8) is 0 Å². The highest BCUT2D eigenvalue weighted by Gasteiger charge is 2.40. The van der Waals surface area contributed by atoms with Gasteiger partial charge in [0.2, 0.25) is 0 Å². The van der Waals surface area contributed by atoms with Crippen molar-refractivity contribution in [2.24, 2.45) is 0 Å². The van der Waals surface area contributed by atoms with E-state index in [2.05, 4.69) is 17.1 Å². The summed E-state index contributed by atoms with van der Waals surface area (Å²) in [6.07, 6.45) is 7.05. The predicted molar refractivity (Wildman–Crippen MR) is 80.7 cm³/mol. The van der Waals surface area contributed by atoms with Crippen molar-refractivity contribution in [3.05, 3.63) is 0 Å². The average molecular weight is 282 g/mol. The normalized spacial score (nSPS) is 26.4. The summed E-state index contributed by atoms with van der Waals surface area (Å²) >= 11 is 0. The lowest BCUT2D eigenvalue weighted by molar-refractivity contribution is -0.151. The zero-order valence-corrected chi connectivity index (χ0v) is 13.3. The molecule has 0 aromatic rings. The van der Waals surface area contributed by atoms with Gasteiger partial charge in [-0.15, -0.1) is 0 Å². The van der Waals surface area contributed by atoms with Crippen LogP contribution in [0.2, 0.25) is 0 Å². The molecule has 4 heteroatoms. The highest BCUT2D eigenvalue weighted by Crippen LogP contribution is 2.27. The van der Waals surface area contributed by atoms with Gasteiger partial charge in [-0.2, -0.15) is 0 Å². The van der Waals surface area contributed by atoms with Crippen LogP contribution in [0.4, 0.5) is 0 Å². The predicted octanol–water partition coefficient (Wildman–Crippen LogP) is 2.32. The lowest BCUT2D eigenvalue weighted by atomic mass is 9.97. The summed E-state index contributed by atoms with van der Waals surface area (Å²) in [5, 5.41) is 3.51. The minimum Gasteiger partial charge on any atom is -0.465 e. The van der Waals surface area contributed by atoms with Crippen molar-refractivity contribution >= 4 is 5.97 Å². The lowest BCUT2D eigenvalue weighted by Crippen LogP contribution is -2.53. The van der Waals surface area contributed by atoms with Gasteiger partial charge in [-0.1, -0.05) is 6.92 Å². The van der Waals surface area contributed by atoms with Crippen LogP contribution in [0.1, 0.15) is 59.3 Å². The van der Waals surface area contributed by atoms with Gasteiger partial charge >= 0.3 is 5.97 Å². The van der Waals surface area contributed by atoms with Crippen LogP contribution in [-0.4, -0.2) is 48.2 Å². The largest absolute Gasteiger partial charge is 0.465 e. The van der Waals surface area contributed by atoms with Crippen molar-refractivity contribution in [3.8, 4) is 0 Å². The number of hydrogen-bond acceptors (Lipinski definition) is 4. The molecule has 116 valence electrons. The third kappa shape index (κ3) is 3.95. The molecule has 1 saturated heterocycles. The van der Waals surface area contributed by atoms with E-state index in [0.29, 0.717) is 18.7 Å². The summed E-state index contributed by atoms with van der Waals surface area (Å²) in [5.74, 6) is -0.0841. The van der Waals surface area contributed by atoms with Gasteiger partial charge in [0, 0.05) is 18.6 Å². The molecule has 4 nitrogen and oxygen atoms in total. The van der Waals surface area contributed by atoms with E-state index in [1.807, 2.05) is 13.8 Å². The van der Waals surface area contributed by atoms with Gasteiger partial charge in [-0.25, -0.2) is 0 Å². The first-order valence-corrected chi connectivity index (χ1v) is 8.28. The second kappa shape index (κ2) is 6.90. The molecule has 2 unspecified atom stereocenters. The molecule has 0 bridgehead atoms. The topological polar surface area (TPSA) is 41.6 Å². The third-order valence-electron chi connectivity index (χ3n) is 4.70. The van der Waals surface area contributed by atoms with E-state index in [1.165, 1.54) is 38.6 Å². The van der Waals surface area contributed by atoms with E-state index in [-0.39, 0.29) is 5.97 Å². The van der Waals surface area contributed by atoms with Crippen LogP contribution in [0.3, 0.4) is 0 Å². The van der Waals surface area contributed by atoms with Gasteiger partial charge in [0.05, 0.1) is 6.61 Å². The zero-order valence-electron chi connectivity index (χ0n) is 13.3. The molecule has 1 aliphatic carbocycles. The smallest absolute Gasteiger partial charge is 0.326 e. The Hall–Kier alpha value is -0.610. The second-order valence-corrected chi connectivity index (χ2v) is 6.46. The first-order chi connectivity index (χ1) is 9.59. The van der Waals surface area contributed by atoms with E-state index < -0.39 is 5.54 Å². The maximum Gasteiger partial charge on any atom is 0.326 e. The molecule has 2 atom stereocenters. The lowest BCUT2D eigenvalue weighted by Gasteiger charge is -2.32. The van der Waals surface area contributed by atoms with Crippen LogP contribution in [0, 0.1) is 0 Å². The number of nitrogens with zero attached hydrogens (tertiary/aromatic N) is 1. The average Bonchev–Trinajstić information content (AvgIpc) is 3.11. The fourth-order valence-corrected chi connectivity index (χ4v) is 3.22. The molecule has 0 amide bonds. The molecule has 1 aliphatic heterocycles. The van der Waals surface area contributed by atoms with Gasteiger partial charge in [0.1, 0.15) is 5.54 Å². The summed E-state index contributed by atoms with van der Waals surface area (Å²) in [4.78, 5) is 14.8. The Balaban J connectivity index is 1.90. The molecular formula is C16H30N2O2. The van der Waals surface area contributed by atoms with Gasteiger partial charge in [0.15, 0.2) is 0 Å². The van der Waals surface area contributed by atoms with Crippen LogP contribution in [0.5, 0.6) is 0 Å². The summed E-state index contributed by atoms with van der Waals surface area (Å²) < 4.78 is 5.28. The number of esters is 1. The first kappa shape index (κ1) is 15.8. The number of likely N-dealkylation sites (tertiary alicyclic amines) is 1. The molecule has 0 radical (unpaired) electrons. The molecule has 2 fully saturated rings. The van der Waals surface area contributed by atoms with Gasteiger partial charge in [0.25, 0.3) is 0 Å². The molecule has 0 aromatic heterocycles. The SMILES string of the molecule is CCOC(=O)C(C)(CCN1CCCC1CC)NC1CC1. The van der Waals surface area contributed by atoms with E-state index in [9.17, 15) is 4.79 Å². The molecule has 20 heavy (non-hydrogen) atoms. The van der Waals surface area contributed by atoms with E-state index in [1.54, 1.807) is 0 Å². The Bertz CT molecular complexity index is 330. The third-order valence-corrected chi connectivity index (χ3v) is 4.70. The summed E-state index contributed by atoms with van der Waals surface area (Å²) in [6.45, 7) is 8.79. The van der Waals surface area contributed by atoms with Crippen LogP contribution >= 0.6 is 0 Å². The Morgan fingerprint density at radius 2 is 2.10 bits per heavy atom. The molecule has 0 aromatic carbocycles. The minimum absolute atomic E-state index is 0.0841. The van der Waals surface area contributed by atoms with Crippen molar-refractivity contribution in [2.45, 2.75) is 76.9 Å². The zero-order chi connectivity index (χ0) is 14.6. The van der Waals surface area contributed by atoms with Crippen molar-refractivity contribution in [1.29, 1.82) is 0 Å². The van der Waals surface area contributed by atoms with Gasteiger partial charge in [-0.05, 0) is 58.9 Å². The number of carbonyl (C=O) groups excluding carboxylic acids is 1. The molecule has 1 heterocycles. The molecule has 0 spiro atoms. The summed E-state index contributed by atoms with van der Waals surface area (Å²) in [7, 11) is 0. The maximum atomic E-state index is 12.3. The van der Waals surface area contributed by atoms with Crippen molar-refractivity contribution in [2.75, 3.05) is 19.7 Å².